The molecule has 12 heteroatoms. The van der Waals surface area contributed by atoms with E-state index in [1.165, 1.54) is 17.4 Å². The van der Waals surface area contributed by atoms with Crippen LogP contribution < -0.4 is 16.0 Å². The summed E-state index contributed by atoms with van der Waals surface area (Å²) in [6.45, 7) is 3.36. The predicted octanol–water partition coefficient (Wildman–Crippen LogP) is 0.836. The number of halogens is 1. The van der Waals surface area contributed by atoms with Crippen molar-refractivity contribution in [1.29, 1.82) is 0 Å². The molecule has 0 bridgehead atoms. The van der Waals surface area contributed by atoms with Crippen molar-refractivity contribution >= 4 is 38.7 Å². The van der Waals surface area contributed by atoms with E-state index in [4.69, 9.17) is 5.73 Å². The van der Waals surface area contributed by atoms with E-state index >= 15 is 0 Å². The van der Waals surface area contributed by atoms with E-state index in [0.717, 1.165) is 6.42 Å². The van der Waals surface area contributed by atoms with Gasteiger partial charge in [-0.05, 0) is 30.2 Å². The van der Waals surface area contributed by atoms with Crippen LogP contribution in [0.3, 0.4) is 0 Å². The fourth-order valence-corrected chi connectivity index (χ4v) is 6.52. The van der Waals surface area contributed by atoms with Crippen molar-refractivity contribution in [3.63, 3.8) is 0 Å². The Labute approximate surface area is 190 Å². The highest BCUT2D eigenvalue weighted by Gasteiger charge is 2.48. The van der Waals surface area contributed by atoms with Crippen LogP contribution in [0.25, 0.3) is 5.52 Å². The molecule has 2 aromatic heterocycles. The van der Waals surface area contributed by atoms with Crippen molar-refractivity contribution in [2.75, 3.05) is 36.1 Å². The van der Waals surface area contributed by atoms with Gasteiger partial charge in [-0.1, -0.05) is 6.92 Å². The minimum atomic E-state index is -3.22. The lowest BCUT2D eigenvalue weighted by molar-refractivity contribution is -0.121. The Bertz CT molecular complexity index is 1250. The zero-order chi connectivity index (χ0) is 23.7. The van der Waals surface area contributed by atoms with Gasteiger partial charge in [-0.3, -0.25) is 9.59 Å². The molecule has 1 saturated carbocycles. The van der Waals surface area contributed by atoms with Gasteiger partial charge in [0, 0.05) is 32.1 Å². The van der Waals surface area contributed by atoms with Gasteiger partial charge in [0.25, 0.3) is 11.8 Å². The van der Waals surface area contributed by atoms with Crippen LogP contribution in [0.2, 0.25) is 0 Å². The van der Waals surface area contributed by atoms with Gasteiger partial charge in [0.2, 0.25) is 10.0 Å². The minimum absolute atomic E-state index is 0.00741. The molecule has 5 atom stereocenters. The summed E-state index contributed by atoms with van der Waals surface area (Å²) in [6.07, 6.45) is 3.65. The Morgan fingerprint density at radius 1 is 1.33 bits per heavy atom. The molecule has 2 aromatic rings. The molecule has 178 valence electrons. The Hall–Kier alpha value is -2.73. The van der Waals surface area contributed by atoms with E-state index in [-0.39, 0.29) is 42.3 Å². The smallest absolute Gasteiger partial charge is 0.261 e. The third kappa shape index (κ3) is 3.65. The summed E-state index contributed by atoms with van der Waals surface area (Å²) < 4.78 is 40.8. The number of amides is 2. The molecule has 3 N–H and O–H groups in total. The second kappa shape index (κ2) is 7.66. The molecule has 2 amide bonds. The molecule has 0 aromatic carbocycles. The number of alkyl halides is 1. The Kier molecular flexibility index (Phi) is 5.12. The number of rotatable bonds is 5. The Morgan fingerprint density at radius 2 is 2.09 bits per heavy atom. The second-order valence-corrected chi connectivity index (χ2v) is 11.4. The average Bonchev–Trinajstić information content (AvgIpc) is 3.48. The highest BCUT2D eigenvalue weighted by molar-refractivity contribution is 7.88. The number of nitrogens with zero attached hydrogens (tertiary/aromatic N) is 4. The number of carbonyl (C=O) groups is 2. The monoisotopic (exact) mass is 478 g/mol. The number of primary amides is 1. The molecule has 3 aliphatic rings. The van der Waals surface area contributed by atoms with Gasteiger partial charge in [0.15, 0.2) is 6.17 Å². The maximum absolute atomic E-state index is 13.8. The maximum Gasteiger partial charge on any atom is 0.261 e. The van der Waals surface area contributed by atoms with Gasteiger partial charge in [-0.25, -0.2) is 21.6 Å². The topological polar surface area (TPSA) is 130 Å². The lowest BCUT2D eigenvalue weighted by atomic mass is 9.93. The molecule has 3 fully saturated rings. The van der Waals surface area contributed by atoms with Crippen LogP contribution in [0.15, 0.2) is 18.5 Å². The highest BCUT2D eigenvalue weighted by atomic mass is 32.2. The molecular weight excluding hydrogens is 451 g/mol. The summed E-state index contributed by atoms with van der Waals surface area (Å²) in [5.41, 5.74) is 7.45. The molecule has 4 heterocycles. The van der Waals surface area contributed by atoms with Gasteiger partial charge >= 0.3 is 0 Å². The normalized spacial score (nSPS) is 30.3. The third-order valence-electron chi connectivity index (χ3n) is 7.46. The lowest BCUT2D eigenvalue weighted by Gasteiger charge is -2.25. The number of carbonyl (C=O) groups excluding carboxylic acids is 2. The van der Waals surface area contributed by atoms with Crippen LogP contribution in [-0.2, 0) is 14.8 Å². The van der Waals surface area contributed by atoms with Crippen LogP contribution in [0, 0.1) is 17.8 Å². The molecule has 2 aliphatic heterocycles. The number of sulfonamides is 1. The van der Waals surface area contributed by atoms with Crippen molar-refractivity contribution in [2.45, 2.75) is 32.0 Å². The van der Waals surface area contributed by atoms with Gasteiger partial charge in [0.1, 0.15) is 0 Å². The molecule has 33 heavy (non-hydrogen) atoms. The molecule has 1 aliphatic carbocycles. The van der Waals surface area contributed by atoms with Crippen molar-refractivity contribution in [3.8, 4) is 0 Å². The van der Waals surface area contributed by atoms with Crippen LogP contribution in [0.5, 0.6) is 0 Å². The number of anilines is 2. The standard InChI is InChI=1S/C21H27FN6O4S/c1-11-15-10-26(33(2,31)32)8-12(15)5-17(11)25-19-14(20(23)29)7-24-28-9-13(6-18(19)28)27-4-3-16(22)21(27)30/h6-7,9,11-12,15-17,25H,3-5,8,10H2,1-2H3,(H2,23,29)/t11-,12-,15-,16-,17-/m1/s1. The first kappa shape index (κ1) is 22.1. The van der Waals surface area contributed by atoms with E-state index in [1.807, 2.05) is 0 Å². The third-order valence-corrected chi connectivity index (χ3v) is 8.70. The zero-order valence-corrected chi connectivity index (χ0v) is 19.3. The summed E-state index contributed by atoms with van der Waals surface area (Å²) in [5, 5.41) is 7.74. The average molecular weight is 479 g/mol. The summed E-state index contributed by atoms with van der Waals surface area (Å²) >= 11 is 0. The van der Waals surface area contributed by atoms with Crippen LogP contribution >= 0.6 is 0 Å². The second-order valence-electron chi connectivity index (χ2n) is 9.42. The predicted molar refractivity (Wildman–Crippen MR) is 120 cm³/mol. The summed E-state index contributed by atoms with van der Waals surface area (Å²) in [4.78, 5) is 25.7. The van der Waals surface area contributed by atoms with Gasteiger partial charge in [-0.2, -0.15) is 5.10 Å². The number of aromatic nitrogens is 2. The number of hydrogen-bond acceptors (Lipinski definition) is 6. The highest BCUT2D eigenvalue weighted by Crippen LogP contribution is 2.44. The zero-order valence-electron chi connectivity index (χ0n) is 18.4. The summed E-state index contributed by atoms with van der Waals surface area (Å²) in [7, 11) is -3.22. The first-order valence-electron chi connectivity index (χ1n) is 11.0. The quantitative estimate of drug-likeness (QED) is 0.655. The summed E-state index contributed by atoms with van der Waals surface area (Å²) in [6, 6.07) is 1.72. The molecule has 0 spiro atoms. The maximum atomic E-state index is 13.8. The molecule has 0 radical (unpaired) electrons. The number of nitrogens with two attached hydrogens (primary N) is 1. The van der Waals surface area contributed by atoms with Crippen LogP contribution in [-0.4, -0.2) is 72.3 Å². The number of fused-ring (bicyclic) bond motifs is 2. The van der Waals surface area contributed by atoms with E-state index in [1.54, 1.807) is 21.1 Å². The van der Waals surface area contributed by atoms with Crippen LogP contribution in [0.4, 0.5) is 15.8 Å². The molecule has 0 unspecified atom stereocenters. The number of nitrogens with one attached hydrogen (secondary N) is 1. The van der Waals surface area contributed by atoms with Gasteiger partial charge in [0.05, 0.1) is 41.1 Å². The fraction of sp³-hybridized carbons (Fsp3) is 0.571. The largest absolute Gasteiger partial charge is 0.380 e. The first-order chi connectivity index (χ1) is 15.5. The van der Waals surface area contributed by atoms with Crippen molar-refractivity contribution in [3.05, 3.63) is 24.0 Å². The van der Waals surface area contributed by atoms with Gasteiger partial charge in [-0.15, -0.1) is 0 Å². The van der Waals surface area contributed by atoms with E-state index in [2.05, 4.69) is 17.3 Å². The molecular formula is C21H27FN6O4S. The van der Waals surface area contributed by atoms with Gasteiger partial charge < -0.3 is 16.0 Å². The fourth-order valence-electron chi connectivity index (χ4n) is 5.62. The molecule has 10 nitrogen and oxygen atoms in total. The SMILES string of the molecule is C[C@@H]1[C@H]2CN(S(C)(=O)=O)C[C@H]2C[C@H]1Nc1c(C(N)=O)cnn2cc(N3CC[C@@H](F)C3=O)cc12. The Morgan fingerprint density at radius 3 is 2.70 bits per heavy atom. The first-order valence-corrected chi connectivity index (χ1v) is 12.9. The molecule has 5 rings (SSSR count). The lowest BCUT2D eigenvalue weighted by Crippen LogP contribution is -2.33. The molecule has 2 saturated heterocycles. The minimum Gasteiger partial charge on any atom is -0.380 e. The van der Waals surface area contributed by atoms with Crippen molar-refractivity contribution in [1.82, 2.24) is 13.9 Å². The van der Waals surface area contributed by atoms with Crippen molar-refractivity contribution in [2.24, 2.45) is 23.5 Å². The van der Waals surface area contributed by atoms with Crippen molar-refractivity contribution < 1.29 is 22.4 Å². The van der Waals surface area contributed by atoms with E-state index in [0.29, 0.717) is 30.0 Å². The Balaban J connectivity index is 1.46. The van der Waals surface area contributed by atoms with E-state index in [9.17, 15) is 22.4 Å². The van der Waals surface area contributed by atoms with E-state index < -0.39 is 28.0 Å². The van der Waals surface area contributed by atoms with Crippen LogP contribution in [0.1, 0.15) is 30.1 Å². The number of hydrogen-bond donors (Lipinski definition) is 2. The summed E-state index contributed by atoms with van der Waals surface area (Å²) in [5.74, 6) is -0.599.